The molecular formula is C15H15Cl2NO. The molecule has 0 saturated heterocycles. The molecule has 0 heterocycles. The third-order valence-corrected chi connectivity index (χ3v) is 3.56. The highest BCUT2D eigenvalue weighted by Gasteiger charge is 2.14. The fourth-order valence-corrected chi connectivity index (χ4v) is 2.26. The van der Waals surface area contributed by atoms with Crippen molar-refractivity contribution in [3.05, 3.63) is 63.6 Å². The number of nitrogens with zero attached hydrogens (tertiary/aromatic N) is 1. The van der Waals surface area contributed by atoms with Crippen LogP contribution in [0.4, 0.5) is 5.69 Å². The molecule has 0 spiro atoms. The quantitative estimate of drug-likeness (QED) is 0.920. The fourth-order valence-electron chi connectivity index (χ4n) is 1.86. The normalized spacial score (nSPS) is 12.3. The van der Waals surface area contributed by atoms with Gasteiger partial charge in [0.15, 0.2) is 0 Å². The molecule has 2 nitrogen and oxygen atoms in total. The zero-order valence-electron chi connectivity index (χ0n) is 10.8. The number of aliphatic hydroxyl groups excluding tert-OH is 1. The van der Waals surface area contributed by atoms with Gasteiger partial charge in [-0.05, 0) is 35.9 Å². The van der Waals surface area contributed by atoms with E-state index in [1.807, 2.05) is 43.3 Å². The van der Waals surface area contributed by atoms with Crippen molar-refractivity contribution in [1.82, 2.24) is 0 Å². The first kappa shape index (κ1) is 14.2. The number of halogens is 2. The second kappa shape index (κ2) is 5.83. The molecule has 1 atom stereocenters. The summed E-state index contributed by atoms with van der Waals surface area (Å²) in [6, 6.07) is 12.8. The van der Waals surface area contributed by atoms with Crippen LogP contribution >= 0.6 is 23.2 Å². The Morgan fingerprint density at radius 2 is 1.63 bits per heavy atom. The minimum Gasteiger partial charge on any atom is -0.384 e. The number of hydrogen-bond donors (Lipinski definition) is 1. The van der Waals surface area contributed by atoms with E-state index in [1.54, 1.807) is 18.2 Å². The van der Waals surface area contributed by atoms with Crippen LogP contribution in [0.2, 0.25) is 10.0 Å². The third kappa shape index (κ3) is 3.21. The van der Waals surface area contributed by atoms with Crippen LogP contribution in [0.25, 0.3) is 0 Å². The van der Waals surface area contributed by atoms with Crippen molar-refractivity contribution in [1.29, 1.82) is 0 Å². The Balaban J connectivity index is 2.33. The zero-order chi connectivity index (χ0) is 14.0. The van der Waals surface area contributed by atoms with Crippen LogP contribution in [0.15, 0.2) is 42.5 Å². The first-order valence-corrected chi connectivity index (χ1v) is 6.65. The summed E-state index contributed by atoms with van der Waals surface area (Å²) in [5.41, 5.74) is 2.48. The Morgan fingerprint density at radius 1 is 1.00 bits per heavy atom. The second-order valence-corrected chi connectivity index (χ2v) is 5.40. The fraction of sp³-hybridized carbons (Fsp3) is 0.200. The van der Waals surface area contributed by atoms with E-state index in [2.05, 4.69) is 0 Å². The summed E-state index contributed by atoms with van der Waals surface area (Å²) in [6.07, 6.45) is -0.776. The average molecular weight is 296 g/mol. The van der Waals surface area contributed by atoms with E-state index in [9.17, 15) is 5.11 Å². The standard InChI is InChI=1S/C15H15Cl2NO/c1-18(2)12-6-3-10(4-7-12)15(19)13-9-11(16)5-8-14(13)17/h3-9,15,19H,1-2H3. The Morgan fingerprint density at radius 3 is 2.21 bits per heavy atom. The van der Waals surface area contributed by atoms with Crippen molar-refractivity contribution < 1.29 is 5.11 Å². The molecule has 0 aliphatic rings. The molecule has 0 amide bonds. The molecule has 2 aromatic carbocycles. The molecule has 0 radical (unpaired) electrons. The minimum absolute atomic E-state index is 0.508. The van der Waals surface area contributed by atoms with Gasteiger partial charge in [0.25, 0.3) is 0 Å². The zero-order valence-corrected chi connectivity index (χ0v) is 12.3. The molecule has 100 valence electrons. The maximum Gasteiger partial charge on any atom is 0.106 e. The van der Waals surface area contributed by atoms with Gasteiger partial charge >= 0.3 is 0 Å². The highest BCUT2D eigenvalue weighted by atomic mass is 35.5. The minimum atomic E-state index is -0.776. The Hall–Kier alpha value is -1.22. The maximum atomic E-state index is 10.4. The Labute approximate surface area is 123 Å². The van der Waals surface area contributed by atoms with E-state index in [-0.39, 0.29) is 0 Å². The molecule has 0 bridgehead atoms. The SMILES string of the molecule is CN(C)c1ccc(C(O)c2cc(Cl)ccc2Cl)cc1. The average Bonchev–Trinajstić information content (AvgIpc) is 2.41. The number of rotatable bonds is 3. The highest BCUT2D eigenvalue weighted by molar-refractivity contribution is 6.33. The van der Waals surface area contributed by atoms with E-state index in [0.717, 1.165) is 11.3 Å². The van der Waals surface area contributed by atoms with Crippen LogP contribution in [-0.2, 0) is 0 Å². The van der Waals surface area contributed by atoms with Crippen molar-refractivity contribution >= 4 is 28.9 Å². The van der Waals surface area contributed by atoms with Gasteiger partial charge < -0.3 is 10.0 Å². The van der Waals surface area contributed by atoms with E-state index < -0.39 is 6.10 Å². The molecule has 2 aromatic rings. The summed E-state index contributed by atoms with van der Waals surface area (Å²) in [6.45, 7) is 0. The van der Waals surface area contributed by atoms with Crippen LogP contribution in [-0.4, -0.2) is 19.2 Å². The molecule has 2 rings (SSSR count). The lowest BCUT2D eigenvalue weighted by Gasteiger charge is -2.16. The Bertz CT molecular complexity index is 567. The van der Waals surface area contributed by atoms with Crippen LogP contribution in [0.5, 0.6) is 0 Å². The first-order chi connectivity index (χ1) is 8.99. The molecule has 0 fully saturated rings. The van der Waals surface area contributed by atoms with Gasteiger partial charge in [-0.3, -0.25) is 0 Å². The van der Waals surface area contributed by atoms with E-state index in [0.29, 0.717) is 15.6 Å². The van der Waals surface area contributed by atoms with Crippen molar-refractivity contribution in [3.8, 4) is 0 Å². The molecule has 0 aliphatic carbocycles. The molecule has 1 unspecified atom stereocenters. The Kier molecular flexibility index (Phi) is 4.35. The number of benzene rings is 2. The van der Waals surface area contributed by atoms with Crippen molar-refractivity contribution in [2.75, 3.05) is 19.0 Å². The monoisotopic (exact) mass is 295 g/mol. The summed E-state index contributed by atoms with van der Waals surface area (Å²) in [7, 11) is 3.94. The lowest BCUT2D eigenvalue weighted by Crippen LogP contribution is -2.08. The predicted molar refractivity (Wildman–Crippen MR) is 81.3 cm³/mol. The van der Waals surface area contributed by atoms with E-state index >= 15 is 0 Å². The topological polar surface area (TPSA) is 23.5 Å². The van der Waals surface area contributed by atoms with E-state index in [4.69, 9.17) is 23.2 Å². The van der Waals surface area contributed by atoms with Crippen molar-refractivity contribution in [2.45, 2.75) is 6.10 Å². The van der Waals surface area contributed by atoms with Crippen LogP contribution in [0, 0.1) is 0 Å². The van der Waals surface area contributed by atoms with Crippen molar-refractivity contribution in [3.63, 3.8) is 0 Å². The van der Waals surface area contributed by atoms with Gasteiger partial charge in [-0.1, -0.05) is 35.3 Å². The highest BCUT2D eigenvalue weighted by Crippen LogP contribution is 2.31. The lowest BCUT2D eigenvalue weighted by molar-refractivity contribution is 0.220. The molecule has 4 heteroatoms. The predicted octanol–water partition coefficient (Wildman–Crippen LogP) is 4.14. The van der Waals surface area contributed by atoms with Crippen molar-refractivity contribution in [2.24, 2.45) is 0 Å². The number of hydrogen-bond acceptors (Lipinski definition) is 2. The van der Waals surface area contributed by atoms with Gasteiger partial charge in [-0.2, -0.15) is 0 Å². The molecular weight excluding hydrogens is 281 g/mol. The molecule has 19 heavy (non-hydrogen) atoms. The number of anilines is 1. The van der Waals surface area contributed by atoms with Crippen LogP contribution < -0.4 is 4.90 Å². The molecule has 0 aliphatic heterocycles. The first-order valence-electron chi connectivity index (χ1n) is 5.89. The van der Waals surface area contributed by atoms with E-state index in [1.165, 1.54) is 0 Å². The van der Waals surface area contributed by atoms with Gasteiger partial charge in [-0.25, -0.2) is 0 Å². The van der Waals surface area contributed by atoms with Gasteiger partial charge in [0.1, 0.15) is 6.10 Å². The largest absolute Gasteiger partial charge is 0.384 e. The van der Waals surface area contributed by atoms with Gasteiger partial charge in [0.2, 0.25) is 0 Å². The van der Waals surface area contributed by atoms with Gasteiger partial charge in [0.05, 0.1) is 0 Å². The van der Waals surface area contributed by atoms with Crippen LogP contribution in [0.1, 0.15) is 17.2 Å². The van der Waals surface area contributed by atoms with Crippen LogP contribution in [0.3, 0.4) is 0 Å². The summed E-state index contributed by atoms with van der Waals surface area (Å²) in [5, 5.41) is 11.4. The van der Waals surface area contributed by atoms with Gasteiger partial charge in [0, 0.05) is 35.4 Å². The molecule has 1 N–H and O–H groups in total. The number of aliphatic hydroxyl groups is 1. The van der Waals surface area contributed by atoms with Gasteiger partial charge in [-0.15, -0.1) is 0 Å². The summed E-state index contributed by atoms with van der Waals surface area (Å²) in [4.78, 5) is 2.00. The third-order valence-electron chi connectivity index (χ3n) is 2.98. The summed E-state index contributed by atoms with van der Waals surface area (Å²) in [5.74, 6) is 0. The molecule has 0 aromatic heterocycles. The maximum absolute atomic E-state index is 10.4. The summed E-state index contributed by atoms with van der Waals surface area (Å²) >= 11 is 12.0. The summed E-state index contributed by atoms with van der Waals surface area (Å²) < 4.78 is 0. The smallest absolute Gasteiger partial charge is 0.106 e. The lowest BCUT2D eigenvalue weighted by atomic mass is 10.0. The molecule has 0 saturated carbocycles. The second-order valence-electron chi connectivity index (χ2n) is 4.55.